The summed E-state index contributed by atoms with van der Waals surface area (Å²) >= 11 is 0. The highest BCUT2D eigenvalue weighted by Gasteiger charge is 2.19. The molecule has 0 heterocycles. The van der Waals surface area contributed by atoms with Gasteiger partial charge in [0.2, 0.25) is 5.91 Å². The van der Waals surface area contributed by atoms with Gasteiger partial charge < -0.3 is 15.0 Å². The highest BCUT2D eigenvalue weighted by atomic mass is 16.5. The zero-order chi connectivity index (χ0) is 22.2. The van der Waals surface area contributed by atoms with Crippen molar-refractivity contribution < 1.29 is 14.3 Å². The van der Waals surface area contributed by atoms with Crippen molar-refractivity contribution in [1.82, 2.24) is 5.32 Å². The molecular weight excluding hydrogens is 388 g/mol. The molecule has 1 N–H and O–H groups in total. The van der Waals surface area contributed by atoms with Crippen LogP contribution in [0.25, 0.3) is 0 Å². The van der Waals surface area contributed by atoms with Crippen molar-refractivity contribution in [2.45, 2.75) is 32.9 Å². The lowest BCUT2D eigenvalue weighted by Crippen LogP contribution is -2.32. The predicted molar refractivity (Wildman–Crippen MR) is 123 cm³/mol. The lowest BCUT2D eigenvalue weighted by Gasteiger charge is -2.24. The second-order valence-electron chi connectivity index (χ2n) is 7.68. The van der Waals surface area contributed by atoms with Crippen molar-refractivity contribution >= 4 is 17.5 Å². The number of rotatable bonds is 8. The maximum atomic E-state index is 13.5. The third-order valence-corrected chi connectivity index (χ3v) is 4.78. The summed E-state index contributed by atoms with van der Waals surface area (Å²) in [5.41, 5.74) is 3.15. The Balaban J connectivity index is 1.93. The van der Waals surface area contributed by atoms with Gasteiger partial charge in [0.1, 0.15) is 5.75 Å². The van der Waals surface area contributed by atoms with Gasteiger partial charge in [0.15, 0.2) is 0 Å². The van der Waals surface area contributed by atoms with E-state index in [0.29, 0.717) is 17.9 Å². The van der Waals surface area contributed by atoms with E-state index < -0.39 is 0 Å². The van der Waals surface area contributed by atoms with Gasteiger partial charge in [-0.05, 0) is 55.3 Å². The standard InChI is InChI=1S/C26H28N2O3/c1-19(2)27-25(29)16-21-11-7-13-23(15-21)28(18-20-9-5-4-6-10-20)26(30)22-12-8-14-24(17-22)31-3/h4-15,17,19H,16,18H2,1-3H3,(H,27,29). The molecule has 0 spiro atoms. The molecule has 160 valence electrons. The largest absolute Gasteiger partial charge is 0.497 e. The fraction of sp³-hybridized carbons (Fsp3) is 0.231. The molecule has 3 rings (SSSR count). The molecule has 5 nitrogen and oxygen atoms in total. The number of ether oxygens (including phenoxy) is 1. The second kappa shape index (κ2) is 10.4. The summed E-state index contributed by atoms with van der Waals surface area (Å²) in [7, 11) is 1.58. The van der Waals surface area contributed by atoms with Gasteiger partial charge in [0.05, 0.1) is 20.1 Å². The van der Waals surface area contributed by atoms with Gasteiger partial charge in [-0.1, -0.05) is 48.5 Å². The van der Waals surface area contributed by atoms with E-state index in [9.17, 15) is 9.59 Å². The number of hydrogen-bond acceptors (Lipinski definition) is 3. The van der Waals surface area contributed by atoms with Gasteiger partial charge >= 0.3 is 0 Å². The zero-order valence-corrected chi connectivity index (χ0v) is 18.2. The Hall–Kier alpha value is -3.60. The van der Waals surface area contributed by atoms with Crippen molar-refractivity contribution in [2.75, 3.05) is 12.0 Å². The summed E-state index contributed by atoms with van der Waals surface area (Å²) in [4.78, 5) is 27.4. The van der Waals surface area contributed by atoms with E-state index in [-0.39, 0.29) is 24.3 Å². The molecule has 0 aliphatic heterocycles. The van der Waals surface area contributed by atoms with Crippen molar-refractivity contribution in [3.8, 4) is 5.75 Å². The Morgan fingerprint density at radius 1 is 0.903 bits per heavy atom. The number of hydrogen-bond donors (Lipinski definition) is 1. The molecule has 0 saturated carbocycles. The van der Waals surface area contributed by atoms with Crippen molar-refractivity contribution in [3.05, 3.63) is 95.6 Å². The topological polar surface area (TPSA) is 58.6 Å². The van der Waals surface area contributed by atoms with Crippen LogP contribution in [0.4, 0.5) is 5.69 Å². The molecule has 0 radical (unpaired) electrons. The molecule has 0 atom stereocenters. The number of nitrogens with one attached hydrogen (secondary N) is 1. The first kappa shape index (κ1) is 22.1. The predicted octanol–water partition coefficient (Wildman–Crippen LogP) is 4.61. The Morgan fingerprint density at radius 2 is 1.61 bits per heavy atom. The highest BCUT2D eigenvalue weighted by molar-refractivity contribution is 6.06. The summed E-state index contributed by atoms with van der Waals surface area (Å²) in [5, 5.41) is 2.91. The van der Waals surface area contributed by atoms with Crippen LogP contribution in [-0.4, -0.2) is 25.0 Å². The van der Waals surface area contributed by atoms with Crippen LogP contribution in [0.15, 0.2) is 78.9 Å². The number of anilines is 1. The molecular formula is C26H28N2O3. The summed E-state index contributed by atoms with van der Waals surface area (Å²) in [5.74, 6) is 0.456. The molecule has 2 amide bonds. The van der Waals surface area contributed by atoms with E-state index in [1.807, 2.05) is 74.5 Å². The van der Waals surface area contributed by atoms with Gasteiger partial charge in [0.25, 0.3) is 5.91 Å². The van der Waals surface area contributed by atoms with Crippen LogP contribution in [-0.2, 0) is 17.8 Å². The smallest absolute Gasteiger partial charge is 0.258 e. The third-order valence-electron chi connectivity index (χ3n) is 4.78. The minimum atomic E-state index is -0.133. The van der Waals surface area contributed by atoms with Crippen LogP contribution in [0.3, 0.4) is 0 Å². The van der Waals surface area contributed by atoms with Crippen molar-refractivity contribution in [2.24, 2.45) is 0 Å². The third kappa shape index (κ3) is 6.19. The van der Waals surface area contributed by atoms with Crippen LogP contribution in [0, 0.1) is 0 Å². The quantitative estimate of drug-likeness (QED) is 0.583. The summed E-state index contributed by atoms with van der Waals surface area (Å²) < 4.78 is 5.29. The van der Waals surface area contributed by atoms with Crippen LogP contribution in [0.1, 0.15) is 35.3 Å². The lowest BCUT2D eigenvalue weighted by molar-refractivity contribution is -0.120. The van der Waals surface area contributed by atoms with Crippen molar-refractivity contribution in [1.29, 1.82) is 0 Å². The van der Waals surface area contributed by atoms with Gasteiger partial charge in [-0.15, -0.1) is 0 Å². The summed E-state index contributed by atoms with van der Waals surface area (Å²) in [6, 6.07) is 24.6. The fourth-order valence-electron chi connectivity index (χ4n) is 3.35. The zero-order valence-electron chi connectivity index (χ0n) is 18.2. The fourth-order valence-corrected chi connectivity index (χ4v) is 3.35. The first-order chi connectivity index (χ1) is 15.0. The Labute approximate surface area is 183 Å². The van der Waals surface area contributed by atoms with Gasteiger partial charge in [-0.2, -0.15) is 0 Å². The normalized spacial score (nSPS) is 10.6. The minimum absolute atomic E-state index is 0.0409. The van der Waals surface area contributed by atoms with E-state index in [2.05, 4.69) is 5.32 Å². The van der Waals surface area contributed by atoms with E-state index >= 15 is 0 Å². The Bertz CT molecular complexity index is 1030. The second-order valence-corrected chi connectivity index (χ2v) is 7.68. The molecule has 3 aromatic rings. The molecule has 0 aliphatic carbocycles. The molecule has 3 aromatic carbocycles. The van der Waals surface area contributed by atoms with E-state index in [4.69, 9.17) is 4.74 Å². The van der Waals surface area contributed by atoms with E-state index in [1.165, 1.54) is 0 Å². The van der Waals surface area contributed by atoms with Crippen LogP contribution in [0.2, 0.25) is 0 Å². The molecule has 0 fully saturated rings. The number of carbonyl (C=O) groups is 2. The van der Waals surface area contributed by atoms with E-state index in [0.717, 1.165) is 16.8 Å². The monoisotopic (exact) mass is 416 g/mol. The molecule has 0 bridgehead atoms. The number of methoxy groups -OCH3 is 1. The number of nitrogens with zero attached hydrogens (tertiary/aromatic N) is 1. The maximum absolute atomic E-state index is 13.5. The first-order valence-corrected chi connectivity index (χ1v) is 10.3. The Kier molecular flexibility index (Phi) is 7.44. The van der Waals surface area contributed by atoms with Gasteiger partial charge in [-0.3, -0.25) is 9.59 Å². The molecule has 0 saturated heterocycles. The van der Waals surface area contributed by atoms with Crippen LogP contribution >= 0.6 is 0 Å². The SMILES string of the molecule is COc1cccc(C(=O)N(Cc2ccccc2)c2cccc(CC(=O)NC(C)C)c2)c1. The molecule has 0 unspecified atom stereocenters. The lowest BCUT2D eigenvalue weighted by atomic mass is 10.1. The minimum Gasteiger partial charge on any atom is -0.497 e. The molecule has 31 heavy (non-hydrogen) atoms. The van der Waals surface area contributed by atoms with E-state index in [1.54, 1.807) is 30.2 Å². The summed E-state index contributed by atoms with van der Waals surface area (Å²) in [6.07, 6.45) is 0.262. The van der Waals surface area contributed by atoms with Crippen molar-refractivity contribution in [3.63, 3.8) is 0 Å². The number of carbonyl (C=O) groups excluding carboxylic acids is 2. The average Bonchev–Trinajstić information content (AvgIpc) is 2.77. The molecule has 0 aliphatic rings. The average molecular weight is 417 g/mol. The number of amides is 2. The highest BCUT2D eigenvalue weighted by Crippen LogP contribution is 2.23. The van der Waals surface area contributed by atoms with Crippen LogP contribution in [0.5, 0.6) is 5.75 Å². The van der Waals surface area contributed by atoms with Gasteiger partial charge in [-0.25, -0.2) is 0 Å². The maximum Gasteiger partial charge on any atom is 0.258 e. The molecule has 5 heteroatoms. The van der Waals surface area contributed by atoms with Gasteiger partial charge in [0, 0.05) is 17.3 Å². The summed E-state index contributed by atoms with van der Waals surface area (Å²) in [6.45, 7) is 4.28. The Morgan fingerprint density at radius 3 is 2.32 bits per heavy atom. The van der Waals surface area contributed by atoms with Crippen LogP contribution < -0.4 is 15.0 Å². The molecule has 0 aromatic heterocycles. The number of benzene rings is 3. The first-order valence-electron chi connectivity index (χ1n) is 10.3.